The molecule has 2 heterocycles. The number of aromatic nitrogens is 4. The first kappa shape index (κ1) is 18.4. The van der Waals surface area contributed by atoms with Crippen molar-refractivity contribution in [2.45, 2.75) is 22.6 Å². The summed E-state index contributed by atoms with van der Waals surface area (Å²) in [5.74, 6) is 0.498. The Morgan fingerprint density at radius 2 is 1.73 bits per heavy atom. The summed E-state index contributed by atoms with van der Waals surface area (Å²) in [5.41, 5.74) is 0.903. The van der Waals surface area contributed by atoms with Crippen LogP contribution < -0.4 is 9.86 Å². The van der Waals surface area contributed by atoms with Crippen LogP contribution >= 0.6 is 0 Å². The van der Waals surface area contributed by atoms with Gasteiger partial charge in [-0.25, -0.2) is 36.2 Å². The lowest BCUT2D eigenvalue weighted by atomic mass is 10.2. The third kappa shape index (κ3) is 4.22. The maximum absolute atomic E-state index is 12.2. The molecule has 3 aromatic rings. The molecule has 0 saturated heterocycles. The van der Waals surface area contributed by atoms with Gasteiger partial charge in [0.25, 0.3) is 5.78 Å². The van der Waals surface area contributed by atoms with Gasteiger partial charge in [0.05, 0.1) is 9.79 Å². The Balaban J connectivity index is 1.57. The Morgan fingerprint density at radius 1 is 1.04 bits per heavy atom. The van der Waals surface area contributed by atoms with Crippen molar-refractivity contribution in [3.05, 3.63) is 48.5 Å². The monoisotopic (exact) mass is 396 g/mol. The third-order valence-corrected chi connectivity index (χ3v) is 5.99. The van der Waals surface area contributed by atoms with E-state index in [1.54, 1.807) is 16.9 Å². The zero-order valence-corrected chi connectivity index (χ0v) is 15.1. The molecule has 3 N–H and O–H groups in total. The number of primary sulfonamides is 1. The SMILES string of the molecule is NS(=O)(=O)c1ccc(S(=O)(=O)NCCCc2cnc3ncnn3c2)cc1. The number of hydrogen-bond donors (Lipinski definition) is 2. The van der Waals surface area contributed by atoms with Crippen LogP contribution in [0.2, 0.25) is 0 Å². The van der Waals surface area contributed by atoms with E-state index in [1.165, 1.54) is 18.5 Å². The maximum Gasteiger partial charge on any atom is 0.252 e. The van der Waals surface area contributed by atoms with Crippen molar-refractivity contribution in [3.63, 3.8) is 0 Å². The summed E-state index contributed by atoms with van der Waals surface area (Å²) in [7, 11) is -7.59. The highest BCUT2D eigenvalue weighted by Crippen LogP contribution is 2.13. The molecule has 0 aliphatic heterocycles. The molecular weight excluding hydrogens is 380 g/mol. The Morgan fingerprint density at radius 3 is 2.42 bits per heavy atom. The summed E-state index contributed by atoms with van der Waals surface area (Å²) in [6.45, 7) is 0.217. The van der Waals surface area contributed by atoms with Crippen LogP contribution in [0.5, 0.6) is 0 Å². The van der Waals surface area contributed by atoms with Crippen LogP contribution in [0.15, 0.2) is 52.8 Å². The molecule has 0 amide bonds. The number of hydrogen-bond acceptors (Lipinski definition) is 7. The zero-order chi connectivity index (χ0) is 18.8. The van der Waals surface area contributed by atoms with Gasteiger partial charge in [0, 0.05) is 18.9 Å². The lowest BCUT2D eigenvalue weighted by molar-refractivity contribution is 0.578. The first-order chi connectivity index (χ1) is 12.3. The van der Waals surface area contributed by atoms with E-state index in [2.05, 4.69) is 19.8 Å². The van der Waals surface area contributed by atoms with Crippen LogP contribution in [0, 0.1) is 0 Å². The highest BCUT2D eigenvalue weighted by atomic mass is 32.2. The topological polar surface area (TPSA) is 149 Å². The lowest BCUT2D eigenvalue weighted by Crippen LogP contribution is -2.25. The minimum atomic E-state index is -3.86. The van der Waals surface area contributed by atoms with Crippen molar-refractivity contribution in [2.24, 2.45) is 5.14 Å². The molecule has 2 aromatic heterocycles. The van der Waals surface area contributed by atoms with E-state index in [-0.39, 0.29) is 16.3 Å². The van der Waals surface area contributed by atoms with Gasteiger partial charge in [-0.2, -0.15) is 10.1 Å². The molecule has 26 heavy (non-hydrogen) atoms. The fraction of sp³-hybridized carbons (Fsp3) is 0.214. The van der Waals surface area contributed by atoms with E-state index in [0.29, 0.717) is 18.6 Å². The molecule has 0 aliphatic rings. The predicted molar refractivity (Wildman–Crippen MR) is 92.1 cm³/mol. The van der Waals surface area contributed by atoms with Crippen molar-refractivity contribution < 1.29 is 16.8 Å². The molecule has 0 fully saturated rings. The molecule has 0 saturated carbocycles. The van der Waals surface area contributed by atoms with Crippen molar-refractivity contribution in [1.29, 1.82) is 0 Å². The van der Waals surface area contributed by atoms with E-state index in [9.17, 15) is 16.8 Å². The summed E-state index contributed by atoms with van der Waals surface area (Å²) in [6.07, 6.45) is 6.02. The smallest absolute Gasteiger partial charge is 0.225 e. The fourth-order valence-electron chi connectivity index (χ4n) is 2.28. The average molecular weight is 396 g/mol. The van der Waals surface area contributed by atoms with Crippen LogP contribution in [0.1, 0.15) is 12.0 Å². The van der Waals surface area contributed by atoms with Crippen molar-refractivity contribution in [3.8, 4) is 0 Å². The normalized spacial score (nSPS) is 12.5. The second-order valence-corrected chi connectivity index (χ2v) is 8.81. The Kier molecular flexibility index (Phi) is 5.00. The average Bonchev–Trinajstić information content (AvgIpc) is 3.06. The van der Waals surface area contributed by atoms with Crippen LogP contribution in [0.4, 0.5) is 0 Å². The molecule has 138 valence electrons. The molecule has 12 heteroatoms. The second-order valence-electron chi connectivity index (χ2n) is 5.48. The van der Waals surface area contributed by atoms with Gasteiger partial charge < -0.3 is 0 Å². The number of nitrogens with one attached hydrogen (secondary N) is 1. The lowest BCUT2D eigenvalue weighted by Gasteiger charge is -2.07. The van der Waals surface area contributed by atoms with Crippen LogP contribution in [0.25, 0.3) is 5.78 Å². The van der Waals surface area contributed by atoms with Gasteiger partial charge in [-0.3, -0.25) is 0 Å². The molecule has 0 spiro atoms. The van der Waals surface area contributed by atoms with Gasteiger partial charge in [-0.15, -0.1) is 0 Å². The van der Waals surface area contributed by atoms with Crippen molar-refractivity contribution in [1.82, 2.24) is 24.3 Å². The second kappa shape index (κ2) is 7.07. The van der Waals surface area contributed by atoms with E-state index >= 15 is 0 Å². The number of sulfonamides is 2. The number of fused-ring (bicyclic) bond motifs is 1. The van der Waals surface area contributed by atoms with Gasteiger partial charge in [-0.05, 0) is 42.7 Å². The Hall–Kier alpha value is -2.41. The Labute approximate surface area is 150 Å². The molecule has 0 radical (unpaired) electrons. The molecule has 0 unspecified atom stereocenters. The molecular formula is C14H16N6O4S2. The Bertz CT molecular complexity index is 1120. The molecule has 0 aliphatic carbocycles. The van der Waals surface area contributed by atoms with E-state index in [4.69, 9.17) is 5.14 Å². The first-order valence-electron chi connectivity index (χ1n) is 7.52. The summed E-state index contributed by atoms with van der Waals surface area (Å²) in [6, 6.07) is 4.71. The van der Waals surface area contributed by atoms with E-state index in [1.807, 2.05) is 0 Å². The van der Waals surface area contributed by atoms with Crippen LogP contribution in [-0.4, -0.2) is 43.0 Å². The fourth-order valence-corrected chi connectivity index (χ4v) is 3.87. The number of rotatable bonds is 7. The van der Waals surface area contributed by atoms with E-state index < -0.39 is 20.0 Å². The highest BCUT2D eigenvalue weighted by molar-refractivity contribution is 7.89. The van der Waals surface area contributed by atoms with Crippen LogP contribution in [0.3, 0.4) is 0 Å². The minimum absolute atomic E-state index is 0.0319. The first-order valence-corrected chi connectivity index (χ1v) is 10.6. The van der Waals surface area contributed by atoms with Gasteiger partial charge >= 0.3 is 0 Å². The summed E-state index contributed by atoms with van der Waals surface area (Å²) < 4.78 is 50.9. The number of nitrogens with two attached hydrogens (primary N) is 1. The molecule has 0 atom stereocenters. The molecule has 3 rings (SSSR count). The largest absolute Gasteiger partial charge is 0.252 e. The minimum Gasteiger partial charge on any atom is -0.225 e. The maximum atomic E-state index is 12.2. The van der Waals surface area contributed by atoms with Gasteiger partial charge in [-0.1, -0.05) is 0 Å². The number of nitrogens with zero attached hydrogens (tertiary/aromatic N) is 4. The quantitative estimate of drug-likeness (QED) is 0.520. The van der Waals surface area contributed by atoms with Crippen LogP contribution in [-0.2, 0) is 26.5 Å². The third-order valence-electron chi connectivity index (χ3n) is 3.58. The standard InChI is InChI=1S/C14H16N6O4S2/c15-25(21,22)12-3-5-13(6-4-12)26(23,24)19-7-1-2-11-8-16-14-17-10-18-20(14)9-11/h3-6,8-10,19H,1-2,7H2,(H2,15,21,22). The molecule has 0 bridgehead atoms. The summed E-state index contributed by atoms with van der Waals surface area (Å²) in [4.78, 5) is 7.90. The predicted octanol–water partition coefficient (Wildman–Crippen LogP) is -0.317. The number of benzene rings is 1. The summed E-state index contributed by atoms with van der Waals surface area (Å²) >= 11 is 0. The van der Waals surface area contributed by atoms with Crippen molar-refractivity contribution in [2.75, 3.05) is 6.54 Å². The van der Waals surface area contributed by atoms with Crippen molar-refractivity contribution >= 4 is 25.8 Å². The van der Waals surface area contributed by atoms with Gasteiger partial charge in [0.15, 0.2) is 0 Å². The number of aryl methyl sites for hydroxylation is 1. The van der Waals surface area contributed by atoms with E-state index in [0.717, 1.165) is 17.7 Å². The highest BCUT2D eigenvalue weighted by Gasteiger charge is 2.15. The zero-order valence-electron chi connectivity index (χ0n) is 13.5. The molecule has 10 nitrogen and oxygen atoms in total. The van der Waals surface area contributed by atoms with Gasteiger partial charge in [0.1, 0.15) is 6.33 Å². The van der Waals surface area contributed by atoms with Gasteiger partial charge in [0.2, 0.25) is 20.0 Å². The summed E-state index contributed by atoms with van der Waals surface area (Å²) in [5, 5.41) is 8.98. The molecule has 1 aromatic carbocycles.